The van der Waals surface area contributed by atoms with E-state index in [9.17, 15) is 20.4 Å². The van der Waals surface area contributed by atoms with Gasteiger partial charge in [0.2, 0.25) is 0 Å². The number of hydrogen-bond acceptors (Lipinski definition) is 7. The van der Waals surface area contributed by atoms with Crippen LogP contribution in [0.1, 0.15) is 5.56 Å². The van der Waals surface area contributed by atoms with E-state index in [1.54, 1.807) is 6.07 Å². The lowest BCUT2D eigenvalue weighted by Crippen LogP contribution is -2.41. The third-order valence-corrected chi connectivity index (χ3v) is 3.35. The number of aliphatic hydroxyl groups is 3. The van der Waals surface area contributed by atoms with Crippen molar-refractivity contribution in [1.82, 2.24) is 5.32 Å². The van der Waals surface area contributed by atoms with Gasteiger partial charge in [-0.05, 0) is 18.1 Å². The Hall–Kier alpha value is -1.38. The van der Waals surface area contributed by atoms with Gasteiger partial charge in [0.05, 0.1) is 6.61 Å². The molecular formula is C13H19NO6. The average molecular weight is 285 g/mol. The number of ether oxygens (including phenoxy) is 1. The lowest BCUT2D eigenvalue weighted by Gasteiger charge is -2.16. The molecule has 1 aromatic rings. The van der Waals surface area contributed by atoms with Gasteiger partial charge in [-0.1, -0.05) is 6.07 Å². The predicted molar refractivity (Wildman–Crippen MR) is 69.2 cm³/mol. The van der Waals surface area contributed by atoms with Gasteiger partial charge >= 0.3 is 0 Å². The molecule has 2 rings (SSSR count). The minimum atomic E-state index is -1.13. The van der Waals surface area contributed by atoms with Crippen LogP contribution in [0.4, 0.5) is 0 Å². The van der Waals surface area contributed by atoms with Gasteiger partial charge in [0.1, 0.15) is 36.0 Å². The maximum absolute atomic E-state index is 9.72. The van der Waals surface area contributed by atoms with Gasteiger partial charge in [-0.25, -0.2) is 0 Å². The zero-order valence-electron chi connectivity index (χ0n) is 10.8. The summed E-state index contributed by atoms with van der Waals surface area (Å²) in [7, 11) is 0. The fourth-order valence-electron chi connectivity index (χ4n) is 2.18. The van der Waals surface area contributed by atoms with E-state index in [0.29, 0.717) is 18.5 Å². The highest BCUT2D eigenvalue weighted by Crippen LogP contribution is 2.23. The second kappa shape index (κ2) is 6.38. The van der Waals surface area contributed by atoms with E-state index in [2.05, 4.69) is 5.32 Å². The van der Waals surface area contributed by atoms with Crippen molar-refractivity contribution in [2.45, 2.75) is 31.0 Å². The van der Waals surface area contributed by atoms with Crippen molar-refractivity contribution in [3.8, 4) is 11.5 Å². The SMILES string of the molecule is OC[C@H]1OC(NCCc2ccc(O)cc2O)[C@H](O)[C@@H]1O. The Morgan fingerprint density at radius 1 is 1.15 bits per heavy atom. The average Bonchev–Trinajstić information content (AvgIpc) is 2.69. The van der Waals surface area contributed by atoms with E-state index in [1.165, 1.54) is 12.1 Å². The Labute approximate surface area is 116 Å². The number of phenols is 2. The molecule has 1 unspecified atom stereocenters. The second-order valence-corrected chi connectivity index (χ2v) is 4.78. The van der Waals surface area contributed by atoms with Crippen LogP contribution in [0.15, 0.2) is 18.2 Å². The highest BCUT2D eigenvalue weighted by molar-refractivity contribution is 5.39. The van der Waals surface area contributed by atoms with Gasteiger partial charge in [0, 0.05) is 12.6 Å². The maximum atomic E-state index is 9.72. The highest BCUT2D eigenvalue weighted by atomic mass is 16.6. The van der Waals surface area contributed by atoms with Crippen LogP contribution in [0.25, 0.3) is 0 Å². The fourth-order valence-corrected chi connectivity index (χ4v) is 2.18. The van der Waals surface area contributed by atoms with Crippen LogP contribution in [-0.2, 0) is 11.2 Å². The van der Waals surface area contributed by atoms with E-state index in [-0.39, 0.29) is 18.1 Å². The van der Waals surface area contributed by atoms with Gasteiger partial charge in [0.25, 0.3) is 0 Å². The summed E-state index contributed by atoms with van der Waals surface area (Å²) in [5, 5.41) is 49.9. The molecule has 1 aliphatic heterocycles. The van der Waals surface area contributed by atoms with Crippen molar-refractivity contribution in [2.24, 2.45) is 0 Å². The van der Waals surface area contributed by atoms with Gasteiger partial charge in [-0.15, -0.1) is 0 Å². The van der Waals surface area contributed by atoms with Crippen LogP contribution in [0.2, 0.25) is 0 Å². The standard InChI is InChI=1S/C13H19NO6/c15-6-10-11(18)12(19)13(20-10)14-4-3-7-1-2-8(16)5-9(7)17/h1-2,5,10-19H,3-4,6H2/t10-,11-,12-,13?/m1/s1. The maximum Gasteiger partial charge on any atom is 0.137 e. The molecule has 0 amide bonds. The topological polar surface area (TPSA) is 122 Å². The van der Waals surface area contributed by atoms with E-state index >= 15 is 0 Å². The summed E-state index contributed by atoms with van der Waals surface area (Å²) in [6, 6.07) is 4.33. The Morgan fingerprint density at radius 3 is 2.50 bits per heavy atom. The molecule has 1 aromatic carbocycles. The van der Waals surface area contributed by atoms with Crippen LogP contribution in [-0.4, -0.2) is 63.2 Å². The Bertz CT molecular complexity index is 454. The molecule has 1 saturated heterocycles. The summed E-state index contributed by atoms with van der Waals surface area (Å²) < 4.78 is 5.26. The Kier molecular flexibility index (Phi) is 4.79. The summed E-state index contributed by atoms with van der Waals surface area (Å²) >= 11 is 0. The molecule has 0 radical (unpaired) electrons. The van der Waals surface area contributed by atoms with E-state index in [4.69, 9.17) is 9.84 Å². The van der Waals surface area contributed by atoms with Crippen molar-refractivity contribution in [2.75, 3.05) is 13.2 Å². The third-order valence-electron chi connectivity index (χ3n) is 3.35. The predicted octanol–water partition coefficient (Wildman–Crippen LogP) is -1.33. The molecule has 1 fully saturated rings. The number of rotatable bonds is 5. The number of phenolic OH excluding ortho intramolecular Hbond substituents is 2. The molecule has 0 saturated carbocycles. The first-order chi connectivity index (χ1) is 9.52. The van der Waals surface area contributed by atoms with Crippen molar-refractivity contribution in [1.29, 1.82) is 0 Å². The minimum Gasteiger partial charge on any atom is -0.508 e. The number of aromatic hydroxyl groups is 2. The summed E-state index contributed by atoms with van der Waals surface area (Å²) in [5.74, 6) is -0.0179. The van der Waals surface area contributed by atoms with Crippen LogP contribution in [0.5, 0.6) is 11.5 Å². The number of benzene rings is 1. The minimum absolute atomic E-state index is 0.00652. The number of hydrogen-bond donors (Lipinski definition) is 6. The van der Waals surface area contributed by atoms with Crippen LogP contribution in [0, 0.1) is 0 Å². The molecule has 6 N–H and O–H groups in total. The summed E-state index contributed by atoms with van der Waals surface area (Å²) in [4.78, 5) is 0. The quantitative estimate of drug-likeness (QED) is 0.396. The molecule has 0 spiro atoms. The Balaban J connectivity index is 1.84. The largest absolute Gasteiger partial charge is 0.508 e. The van der Waals surface area contributed by atoms with Crippen LogP contribution < -0.4 is 5.32 Å². The molecule has 112 valence electrons. The molecular weight excluding hydrogens is 266 g/mol. The zero-order valence-corrected chi connectivity index (χ0v) is 10.8. The Morgan fingerprint density at radius 2 is 1.90 bits per heavy atom. The van der Waals surface area contributed by atoms with Gasteiger partial charge in [0.15, 0.2) is 0 Å². The molecule has 0 aromatic heterocycles. The molecule has 7 heteroatoms. The molecule has 4 atom stereocenters. The number of aliphatic hydroxyl groups excluding tert-OH is 3. The number of nitrogens with one attached hydrogen (secondary N) is 1. The third kappa shape index (κ3) is 3.20. The van der Waals surface area contributed by atoms with Crippen molar-refractivity contribution < 1.29 is 30.3 Å². The summed E-state index contributed by atoms with van der Waals surface area (Å²) in [6.45, 7) is 0.0279. The van der Waals surface area contributed by atoms with E-state index in [0.717, 1.165) is 0 Å². The second-order valence-electron chi connectivity index (χ2n) is 4.78. The van der Waals surface area contributed by atoms with Crippen LogP contribution >= 0.6 is 0 Å². The lowest BCUT2D eigenvalue weighted by molar-refractivity contribution is -0.0327. The van der Waals surface area contributed by atoms with Crippen molar-refractivity contribution >= 4 is 0 Å². The molecule has 1 aliphatic rings. The summed E-state index contributed by atoms with van der Waals surface area (Å²) in [6.07, 6.45) is -3.34. The zero-order chi connectivity index (χ0) is 14.7. The monoisotopic (exact) mass is 285 g/mol. The highest BCUT2D eigenvalue weighted by Gasteiger charge is 2.41. The first kappa shape index (κ1) is 15.0. The molecule has 1 heterocycles. The lowest BCUT2D eigenvalue weighted by atomic mass is 10.1. The molecule has 7 nitrogen and oxygen atoms in total. The van der Waals surface area contributed by atoms with Crippen molar-refractivity contribution in [3.05, 3.63) is 23.8 Å². The first-order valence-electron chi connectivity index (χ1n) is 6.39. The first-order valence-corrected chi connectivity index (χ1v) is 6.39. The van der Waals surface area contributed by atoms with E-state index < -0.39 is 24.5 Å². The normalized spacial score (nSPS) is 29.8. The van der Waals surface area contributed by atoms with Gasteiger partial charge in [-0.2, -0.15) is 0 Å². The van der Waals surface area contributed by atoms with Crippen molar-refractivity contribution in [3.63, 3.8) is 0 Å². The molecule has 20 heavy (non-hydrogen) atoms. The summed E-state index contributed by atoms with van der Waals surface area (Å²) in [5.41, 5.74) is 0.641. The van der Waals surface area contributed by atoms with Crippen LogP contribution in [0.3, 0.4) is 0 Å². The fraction of sp³-hybridized carbons (Fsp3) is 0.538. The molecule has 0 bridgehead atoms. The smallest absolute Gasteiger partial charge is 0.137 e. The molecule has 0 aliphatic carbocycles. The van der Waals surface area contributed by atoms with Gasteiger partial charge in [-0.3, -0.25) is 5.32 Å². The van der Waals surface area contributed by atoms with Gasteiger partial charge < -0.3 is 30.3 Å². The van der Waals surface area contributed by atoms with E-state index in [1.807, 2.05) is 0 Å².